The van der Waals surface area contributed by atoms with Crippen LogP contribution in [0, 0.1) is 17.2 Å². The Bertz CT molecular complexity index is 484. The highest BCUT2D eigenvalue weighted by atomic mass is 16.3. The van der Waals surface area contributed by atoms with Crippen LogP contribution in [0.3, 0.4) is 0 Å². The average molecular weight is 272 g/mol. The number of nitriles is 1. The molecule has 0 bridgehead atoms. The van der Waals surface area contributed by atoms with Crippen LogP contribution in [-0.2, 0) is 0 Å². The third-order valence-corrected chi connectivity index (χ3v) is 3.94. The molecule has 1 aliphatic rings. The Morgan fingerprint density at radius 3 is 2.55 bits per heavy atom. The summed E-state index contributed by atoms with van der Waals surface area (Å²) in [6, 6.07) is 8.50. The highest BCUT2D eigenvalue weighted by molar-refractivity contribution is 5.94. The van der Waals surface area contributed by atoms with E-state index >= 15 is 0 Å². The summed E-state index contributed by atoms with van der Waals surface area (Å²) in [5.41, 5.74) is 1.05. The molecule has 0 spiro atoms. The van der Waals surface area contributed by atoms with E-state index in [1.807, 2.05) is 6.07 Å². The molecular formula is C16H20N2O2. The Morgan fingerprint density at radius 2 is 1.95 bits per heavy atom. The van der Waals surface area contributed by atoms with Gasteiger partial charge in [0, 0.05) is 12.1 Å². The lowest BCUT2D eigenvalue weighted by Gasteiger charge is -2.26. The van der Waals surface area contributed by atoms with Crippen LogP contribution in [0.15, 0.2) is 24.3 Å². The first-order chi connectivity index (χ1) is 9.70. The van der Waals surface area contributed by atoms with Gasteiger partial charge in [-0.05, 0) is 43.0 Å². The van der Waals surface area contributed by atoms with Crippen molar-refractivity contribution in [1.82, 2.24) is 5.32 Å². The van der Waals surface area contributed by atoms with Gasteiger partial charge in [0.05, 0.1) is 17.7 Å². The van der Waals surface area contributed by atoms with E-state index in [0.29, 0.717) is 23.6 Å². The van der Waals surface area contributed by atoms with Crippen LogP contribution in [0.1, 0.15) is 48.0 Å². The van der Waals surface area contributed by atoms with Gasteiger partial charge in [-0.2, -0.15) is 5.26 Å². The zero-order chi connectivity index (χ0) is 14.4. The predicted molar refractivity (Wildman–Crippen MR) is 76.1 cm³/mol. The predicted octanol–water partition coefficient (Wildman–Crippen LogP) is 2.23. The number of hydrogen-bond acceptors (Lipinski definition) is 3. The van der Waals surface area contributed by atoms with Crippen LogP contribution in [-0.4, -0.2) is 23.7 Å². The number of carbonyl (C=O) groups excluding carboxylic acids is 1. The van der Waals surface area contributed by atoms with E-state index in [9.17, 15) is 9.90 Å². The summed E-state index contributed by atoms with van der Waals surface area (Å²) in [6.07, 6.45) is 5.23. The van der Waals surface area contributed by atoms with Gasteiger partial charge in [-0.15, -0.1) is 0 Å². The summed E-state index contributed by atoms with van der Waals surface area (Å²) < 4.78 is 0. The highest BCUT2D eigenvalue weighted by Crippen LogP contribution is 2.26. The minimum Gasteiger partial charge on any atom is -0.391 e. The number of rotatable bonds is 4. The zero-order valence-corrected chi connectivity index (χ0v) is 11.5. The monoisotopic (exact) mass is 272 g/mol. The molecule has 1 aromatic carbocycles. The van der Waals surface area contributed by atoms with Crippen molar-refractivity contribution in [3.63, 3.8) is 0 Å². The van der Waals surface area contributed by atoms with Gasteiger partial charge in [-0.1, -0.05) is 19.3 Å². The molecule has 1 amide bonds. The van der Waals surface area contributed by atoms with Crippen molar-refractivity contribution in [2.75, 3.05) is 6.54 Å². The first-order valence-corrected chi connectivity index (χ1v) is 7.17. The summed E-state index contributed by atoms with van der Waals surface area (Å²) >= 11 is 0. The number of aliphatic hydroxyl groups is 1. The molecule has 4 heteroatoms. The molecule has 2 rings (SSSR count). The van der Waals surface area contributed by atoms with Crippen LogP contribution >= 0.6 is 0 Å². The third-order valence-electron chi connectivity index (χ3n) is 3.94. The Balaban J connectivity index is 1.83. The van der Waals surface area contributed by atoms with Crippen molar-refractivity contribution < 1.29 is 9.90 Å². The summed E-state index contributed by atoms with van der Waals surface area (Å²) in [5, 5.41) is 21.6. The van der Waals surface area contributed by atoms with E-state index < -0.39 is 6.10 Å². The standard InChI is InChI=1S/C16H20N2O2/c17-10-12-6-8-14(9-7-12)16(20)18-11-15(19)13-4-2-1-3-5-13/h6-9,13,15,19H,1-5,11H2,(H,18,20). The number of amides is 1. The molecule has 2 N–H and O–H groups in total. The number of benzene rings is 1. The van der Waals surface area contributed by atoms with Gasteiger partial charge < -0.3 is 10.4 Å². The Labute approximate surface area is 119 Å². The second-order valence-corrected chi connectivity index (χ2v) is 5.36. The van der Waals surface area contributed by atoms with E-state index in [1.165, 1.54) is 19.3 Å². The molecule has 0 aliphatic heterocycles. The average Bonchev–Trinajstić information content (AvgIpc) is 2.53. The largest absolute Gasteiger partial charge is 0.391 e. The van der Waals surface area contributed by atoms with Crippen LogP contribution in [0.4, 0.5) is 0 Å². The maximum atomic E-state index is 11.9. The van der Waals surface area contributed by atoms with Crippen molar-refractivity contribution >= 4 is 5.91 Å². The summed E-state index contributed by atoms with van der Waals surface area (Å²) in [4.78, 5) is 11.9. The first kappa shape index (κ1) is 14.5. The molecular weight excluding hydrogens is 252 g/mol. The van der Waals surface area contributed by atoms with Crippen LogP contribution in [0.25, 0.3) is 0 Å². The molecule has 20 heavy (non-hydrogen) atoms. The van der Waals surface area contributed by atoms with Gasteiger partial charge in [0.1, 0.15) is 0 Å². The smallest absolute Gasteiger partial charge is 0.251 e. The maximum Gasteiger partial charge on any atom is 0.251 e. The molecule has 0 radical (unpaired) electrons. The third kappa shape index (κ3) is 3.82. The van der Waals surface area contributed by atoms with E-state index in [4.69, 9.17) is 5.26 Å². The van der Waals surface area contributed by atoms with Crippen molar-refractivity contribution in [2.45, 2.75) is 38.2 Å². The van der Waals surface area contributed by atoms with Crippen molar-refractivity contribution in [1.29, 1.82) is 5.26 Å². The molecule has 1 atom stereocenters. The van der Waals surface area contributed by atoms with E-state index in [-0.39, 0.29) is 5.91 Å². The Kier molecular flexibility index (Phi) is 5.14. The van der Waals surface area contributed by atoms with Gasteiger partial charge in [0.2, 0.25) is 0 Å². The quantitative estimate of drug-likeness (QED) is 0.882. The van der Waals surface area contributed by atoms with E-state index in [1.54, 1.807) is 24.3 Å². The molecule has 0 aromatic heterocycles. The summed E-state index contributed by atoms with van der Waals surface area (Å²) in [5.74, 6) is 0.106. The van der Waals surface area contributed by atoms with Crippen molar-refractivity contribution in [2.24, 2.45) is 5.92 Å². The lowest BCUT2D eigenvalue weighted by molar-refractivity contribution is 0.0738. The number of nitrogens with zero attached hydrogens (tertiary/aromatic N) is 1. The molecule has 0 saturated heterocycles. The maximum absolute atomic E-state index is 11.9. The molecule has 1 aromatic rings. The van der Waals surface area contributed by atoms with E-state index in [0.717, 1.165) is 12.8 Å². The Hall–Kier alpha value is -1.86. The SMILES string of the molecule is N#Cc1ccc(C(=O)NCC(O)C2CCCCC2)cc1. The molecule has 1 unspecified atom stereocenters. The summed E-state index contributed by atoms with van der Waals surface area (Å²) in [7, 11) is 0. The fourth-order valence-corrected chi connectivity index (χ4v) is 2.68. The highest BCUT2D eigenvalue weighted by Gasteiger charge is 2.22. The number of aliphatic hydroxyl groups excluding tert-OH is 1. The van der Waals surface area contributed by atoms with Gasteiger partial charge in [0.15, 0.2) is 0 Å². The van der Waals surface area contributed by atoms with Crippen molar-refractivity contribution in [3.8, 4) is 6.07 Å². The number of carbonyl (C=O) groups is 1. The minimum absolute atomic E-state index is 0.204. The van der Waals surface area contributed by atoms with Gasteiger partial charge in [-0.25, -0.2) is 0 Å². The van der Waals surface area contributed by atoms with Crippen LogP contribution in [0.5, 0.6) is 0 Å². The lowest BCUT2D eigenvalue weighted by Crippen LogP contribution is -2.37. The van der Waals surface area contributed by atoms with Crippen LogP contribution < -0.4 is 5.32 Å². The molecule has 1 fully saturated rings. The van der Waals surface area contributed by atoms with Gasteiger partial charge in [-0.3, -0.25) is 4.79 Å². The second-order valence-electron chi connectivity index (χ2n) is 5.36. The fourth-order valence-electron chi connectivity index (χ4n) is 2.68. The normalized spacial score (nSPS) is 17.2. The minimum atomic E-state index is -0.461. The zero-order valence-electron chi connectivity index (χ0n) is 11.5. The Morgan fingerprint density at radius 1 is 1.30 bits per heavy atom. The van der Waals surface area contributed by atoms with Crippen molar-refractivity contribution in [3.05, 3.63) is 35.4 Å². The molecule has 106 valence electrons. The van der Waals surface area contributed by atoms with Crippen LogP contribution in [0.2, 0.25) is 0 Å². The molecule has 1 aliphatic carbocycles. The topological polar surface area (TPSA) is 73.1 Å². The lowest BCUT2D eigenvalue weighted by atomic mass is 9.85. The number of hydrogen-bond donors (Lipinski definition) is 2. The van der Waals surface area contributed by atoms with E-state index in [2.05, 4.69) is 5.32 Å². The molecule has 4 nitrogen and oxygen atoms in total. The molecule has 0 heterocycles. The first-order valence-electron chi connectivity index (χ1n) is 7.17. The summed E-state index contributed by atoms with van der Waals surface area (Å²) in [6.45, 7) is 0.295. The number of nitrogens with one attached hydrogen (secondary N) is 1. The second kappa shape index (κ2) is 7.06. The fraction of sp³-hybridized carbons (Fsp3) is 0.500. The van der Waals surface area contributed by atoms with Gasteiger partial charge in [0.25, 0.3) is 5.91 Å². The van der Waals surface area contributed by atoms with Gasteiger partial charge >= 0.3 is 0 Å². The molecule has 1 saturated carbocycles.